The van der Waals surface area contributed by atoms with Gasteiger partial charge in [0.2, 0.25) is 0 Å². The van der Waals surface area contributed by atoms with Gasteiger partial charge in [0, 0.05) is 5.56 Å². The van der Waals surface area contributed by atoms with Gasteiger partial charge < -0.3 is 10.2 Å². The van der Waals surface area contributed by atoms with Crippen LogP contribution in [0.15, 0.2) is 60.7 Å². The number of hydrogen-bond donors (Lipinski definition) is 2. The number of benzene rings is 3. The van der Waals surface area contributed by atoms with Crippen molar-refractivity contribution in [2.45, 2.75) is 6.54 Å². The Morgan fingerprint density at radius 2 is 1.64 bits per heavy atom. The van der Waals surface area contributed by atoms with Crippen molar-refractivity contribution in [1.82, 2.24) is 0 Å². The van der Waals surface area contributed by atoms with Crippen molar-refractivity contribution in [3.05, 3.63) is 77.9 Å². The summed E-state index contributed by atoms with van der Waals surface area (Å²) in [7, 11) is 1.87. The molecule has 0 aliphatic heterocycles. The fraction of sp³-hybridized carbons (Fsp3) is 0.150. The van der Waals surface area contributed by atoms with E-state index in [0.717, 1.165) is 33.4 Å². The van der Waals surface area contributed by atoms with Gasteiger partial charge in [0.1, 0.15) is 23.9 Å². The summed E-state index contributed by atoms with van der Waals surface area (Å²) in [6.45, 7) is 0.749. The number of hydrogen-bond acceptors (Lipinski definition) is 1. The van der Waals surface area contributed by atoms with Crippen molar-refractivity contribution in [2.24, 2.45) is 0 Å². The Morgan fingerprint density at radius 3 is 2.36 bits per heavy atom. The van der Waals surface area contributed by atoms with Crippen LogP contribution in [0, 0.1) is 11.6 Å². The van der Waals surface area contributed by atoms with Crippen LogP contribution in [-0.2, 0) is 11.3 Å². The standard InChI is InChI=1S/C20H18F2N2O/c1-24(12-14-9-10-15-5-2-3-6-16(15)11-14)13-19(25)23-20-17(21)7-4-8-18(20)22/h2-11H,12-13H2,1H3,(H,23,25)/p+1. The van der Waals surface area contributed by atoms with Gasteiger partial charge in [-0.15, -0.1) is 0 Å². The first kappa shape index (κ1) is 17.0. The molecule has 0 fully saturated rings. The average molecular weight is 341 g/mol. The van der Waals surface area contributed by atoms with E-state index in [1.54, 1.807) is 0 Å². The van der Waals surface area contributed by atoms with Gasteiger partial charge in [-0.3, -0.25) is 4.79 Å². The zero-order valence-corrected chi connectivity index (χ0v) is 13.9. The van der Waals surface area contributed by atoms with Crippen molar-refractivity contribution in [3.63, 3.8) is 0 Å². The number of carbonyl (C=O) groups excluding carboxylic acids is 1. The molecule has 0 heterocycles. The third-order valence-electron chi connectivity index (χ3n) is 4.01. The van der Waals surface area contributed by atoms with E-state index in [1.165, 1.54) is 6.07 Å². The van der Waals surface area contributed by atoms with E-state index in [4.69, 9.17) is 0 Å². The molecule has 0 saturated heterocycles. The topological polar surface area (TPSA) is 33.5 Å². The Kier molecular flexibility index (Phi) is 5.05. The van der Waals surface area contributed by atoms with Crippen LogP contribution in [0.1, 0.15) is 5.56 Å². The van der Waals surface area contributed by atoms with Crippen LogP contribution in [0.5, 0.6) is 0 Å². The molecule has 0 spiro atoms. The first-order valence-corrected chi connectivity index (χ1v) is 8.06. The maximum absolute atomic E-state index is 13.6. The van der Waals surface area contributed by atoms with Gasteiger partial charge in [0.25, 0.3) is 5.91 Å². The summed E-state index contributed by atoms with van der Waals surface area (Å²) in [6, 6.07) is 17.7. The number of rotatable bonds is 5. The molecule has 1 unspecified atom stereocenters. The van der Waals surface area contributed by atoms with E-state index >= 15 is 0 Å². The summed E-state index contributed by atoms with van der Waals surface area (Å²) in [4.78, 5) is 13.0. The number of carbonyl (C=O) groups is 1. The highest BCUT2D eigenvalue weighted by Crippen LogP contribution is 2.17. The van der Waals surface area contributed by atoms with E-state index in [1.807, 2.05) is 43.4 Å². The Hall–Kier alpha value is -2.79. The van der Waals surface area contributed by atoms with Crippen LogP contribution in [-0.4, -0.2) is 19.5 Å². The smallest absolute Gasteiger partial charge is 0.279 e. The molecule has 0 aliphatic rings. The number of amides is 1. The molecule has 0 saturated carbocycles. The highest BCUT2D eigenvalue weighted by molar-refractivity contribution is 5.91. The number of likely N-dealkylation sites (N-methyl/N-ethyl adjacent to an activating group) is 1. The molecule has 3 aromatic carbocycles. The van der Waals surface area contributed by atoms with E-state index in [0.29, 0.717) is 6.54 Å². The molecule has 3 rings (SSSR count). The number of fused-ring (bicyclic) bond motifs is 1. The van der Waals surface area contributed by atoms with Gasteiger partial charge in [-0.1, -0.05) is 42.5 Å². The maximum Gasteiger partial charge on any atom is 0.279 e. The molecule has 5 heteroatoms. The van der Waals surface area contributed by atoms with Crippen LogP contribution in [0.2, 0.25) is 0 Å². The summed E-state index contributed by atoms with van der Waals surface area (Å²) in [6.07, 6.45) is 0. The first-order valence-electron chi connectivity index (χ1n) is 8.06. The lowest BCUT2D eigenvalue weighted by molar-refractivity contribution is -0.885. The van der Waals surface area contributed by atoms with Crippen molar-refractivity contribution >= 4 is 22.4 Å². The van der Waals surface area contributed by atoms with Crippen LogP contribution in [0.4, 0.5) is 14.5 Å². The second-order valence-corrected chi connectivity index (χ2v) is 6.14. The Morgan fingerprint density at radius 1 is 0.960 bits per heavy atom. The van der Waals surface area contributed by atoms with Gasteiger partial charge >= 0.3 is 0 Å². The Labute approximate surface area is 144 Å². The highest BCUT2D eigenvalue weighted by Gasteiger charge is 2.15. The molecule has 0 aliphatic carbocycles. The third-order valence-corrected chi connectivity index (χ3v) is 4.01. The zero-order valence-electron chi connectivity index (χ0n) is 13.9. The zero-order chi connectivity index (χ0) is 17.8. The lowest BCUT2D eigenvalue weighted by atomic mass is 10.1. The van der Waals surface area contributed by atoms with Crippen LogP contribution < -0.4 is 10.2 Å². The normalized spacial score (nSPS) is 12.1. The molecule has 2 N–H and O–H groups in total. The minimum atomic E-state index is -0.777. The Bertz CT molecular complexity index is 891. The van der Waals surface area contributed by atoms with Crippen molar-refractivity contribution in [3.8, 4) is 0 Å². The van der Waals surface area contributed by atoms with E-state index < -0.39 is 23.2 Å². The molecule has 0 aromatic heterocycles. The quantitative estimate of drug-likeness (QED) is 0.735. The van der Waals surface area contributed by atoms with E-state index in [-0.39, 0.29) is 6.54 Å². The van der Waals surface area contributed by atoms with Gasteiger partial charge in [0.15, 0.2) is 6.54 Å². The molecular weight excluding hydrogens is 322 g/mol. The summed E-state index contributed by atoms with van der Waals surface area (Å²) in [5.41, 5.74) is 0.701. The maximum atomic E-state index is 13.6. The fourth-order valence-corrected chi connectivity index (χ4v) is 2.83. The van der Waals surface area contributed by atoms with Gasteiger partial charge in [-0.2, -0.15) is 0 Å². The number of quaternary nitrogens is 1. The molecule has 25 heavy (non-hydrogen) atoms. The Balaban J connectivity index is 1.63. The second kappa shape index (κ2) is 7.40. The van der Waals surface area contributed by atoms with E-state index in [9.17, 15) is 13.6 Å². The summed E-state index contributed by atoms with van der Waals surface area (Å²) >= 11 is 0. The van der Waals surface area contributed by atoms with Crippen LogP contribution >= 0.6 is 0 Å². The number of para-hydroxylation sites is 1. The first-order chi connectivity index (χ1) is 12.0. The van der Waals surface area contributed by atoms with Gasteiger partial charge in [0.05, 0.1) is 7.05 Å². The molecule has 128 valence electrons. The number of halogens is 2. The van der Waals surface area contributed by atoms with E-state index in [2.05, 4.69) is 11.4 Å². The summed E-state index contributed by atoms with van der Waals surface area (Å²) in [5, 5.41) is 4.62. The second-order valence-electron chi connectivity index (χ2n) is 6.14. The van der Waals surface area contributed by atoms with Crippen LogP contribution in [0.25, 0.3) is 10.8 Å². The van der Waals surface area contributed by atoms with Crippen molar-refractivity contribution in [2.75, 3.05) is 18.9 Å². The molecular formula is C20H19F2N2O+. The minimum absolute atomic E-state index is 0.112. The molecule has 1 amide bonds. The minimum Gasteiger partial charge on any atom is -0.326 e. The third kappa shape index (κ3) is 4.19. The average Bonchev–Trinajstić information content (AvgIpc) is 2.58. The predicted molar refractivity (Wildman–Crippen MR) is 94.4 cm³/mol. The lowest BCUT2D eigenvalue weighted by Gasteiger charge is -2.15. The molecule has 3 nitrogen and oxygen atoms in total. The molecule has 0 bridgehead atoms. The monoisotopic (exact) mass is 341 g/mol. The fourth-order valence-electron chi connectivity index (χ4n) is 2.83. The van der Waals surface area contributed by atoms with Gasteiger partial charge in [-0.05, 0) is 29.0 Å². The van der Waals surface area contributed by atoms with Crippen molar-refractivity contribution in [1.29, 1.82) is 0 Å². The summed E-state index contributed by atoms with van der Waals surface area (Å²) in [5.74, 6) is -1.98. The highest BCUT2D eigenvalue weighted by atomic mass is 19.1. The molecule has 0 radical (unpaired) electrons. The van der Waals surface area contributed by atoms with Gasteiger partial charge in [-0.25, -0.2) is 8.78 Å². The molecule has 1 atom stereocenters. The summed E-state index contributed by atoms with van der Waals surface area (Å²) < 4.78 is 27.2. The lowest BCUT2D eigenvalue weighted by Crippen LogP contribution is -3.08. The largest absolute Gasteiger partial charge is 0.326 e. The number of nitrogens with one attached hydrogen (secondary N) is 2. The van der Waals surface area contributed by atoms with Crippen LogP contribution in [0.3, 0.4) is 0 Å². The predicted octanol–water partition coefficient (Wildman–Crippen LogP) is 2.77. The van der Waals surface area contributed by atoms with Crippen molar-refractivity contribution < 1.29 is 18.5 Å². The number of anilines is 1. The SMILES string of the molecule is C[NH+](CC(=O)Nc1c(F)cccc1F)Cc1ccc2ccccc2c1. The molecule has 3 aromatic rings.